The van der Waals surface area contributed by atoms with E-state index < -0.39 is 0 Å². The van der Waals surface area contributed by atoms with Crippen molar-refractivity contribution in [3.8, 4) is 12.1 Å². The lowest BCUT2D eigenvalue weighted by atomic mass is 10.1. The Labute approximate surface area is 134 Å². The smallest absolute Gasteiger partial charge is 0.149 e. The van der Waals surface area contributed by atoms with Gasteiger partial charge in [0.2, 0.25) is 0 Å². The summed E-state index contributed by atoms with van der Waals surface area (Å²) in [6.45, 7) is 4.09. The zero-order valence-electron chi connectivity index (χ0n) is 12.9. The molecule has 0 atom stereocenters. The van der Waals surface area contributed by atoms with Gasteiger partial charge in [-0.3, -0.25) is 0 Å². The number of aromatic amines is 1. The first kappa shape index (κ1) is 14.6. The standard InChI is InChI=1S/C19H14N4/c1-12-7-17-18(8-13(12)2)23-19(22-17)16(11-21)9-14-3-5-15(10-20)6-4-14/h3-9H,1-2H3,(H,22,23). The SMILES string of the molecule is Cc1cc2nc(C(C#N)=Cc3ccc(C#N)cc3)[nH]c2cc1C. The lowest BCUT2D eigenvalue weighted by Crippen LogP contribution is -1.85. The third-order valence-corrected chi connectivity index (χ3v) is 3.82. The minimum atomic E-state index is 0.459. The van der Waals surface area contributed by atoms with E-state index in [1.54, 1.807) is 18.2 Å². The Morgan fingerprint density at radius 2 is 1.78 bits per heavy atom. The highest BCUT2D eigenvalue weighted by atomic mass is 14.9. The predicted octanol–water partition coefficient (Wildman–Crippen LogP) is 4.12. The van der Waals surface area contributed by atoms with Gasteiger partial charge in [0.05, 0.1) is 28.2 Å². The molecule has 0 aliphatic carbocycles. The summed E-state index contributed by atoms with van der Waals surface area (Å²) in [6.07, 6.45) is 1.76. The van der Waals surface area contributed by atoms with Crippen LogP contribution < -0.4 is 0 Å². The van der Waals surface area contributed by atoms with Crippen LogP contribution >= 0.6 is 0 Å². The van der Waals surface area contributed by atoms with Gasteiger partial charge < -0.3 is 4.98 Å². The number of aryl methyl sites for hydroxylation is 2. The molecule has 1 heterocycles. The Hall–Kier alpha value is -3.37. The minimum absolute atomic E-state index is 0.459. The van der Waals surface area contributed by atoms with E-state index in [4.69, 9.17) is 5.26 Å². The van der Waals surface area contributed by atoms with Gasteiger partial charge >= 0.3 is 0 Å². The van der Waals surface area contributed by atoms with Gasteiger partial charge in [-0.2, -0.15) is 10.5 Å². The third kappa shape index (κ3) is 2.84. The van der Waals surface area contributed by atoms with Gasteiger partial charge in [-0.15, -0.1) is 0 Å². The lowest BCUT2D eigenvalue weighted by molar-refractivity contribution is 1.27. The quantitative estimate of drug-likeness (QED) is 0.723. The molecule has 0 bridgehead atoms. The molecule has 0 unspecified atom stereocenters. The van der Waals surface area contributed by atoms with Crippen LogP contribution in [0.2, 0.25) is 0 Å². The topological polar surface area (TPSA) is 76.3 Å². The van der Waals surface area contributed by atoms with Crippen LogP contribution in [-0.4, -0.2) is 9.97 Å². The molecule has 4 nitrogen and oxygen atoms in total. The average molecular weight is 298 g/mol. The van der Waals surface area contributed by atoms with E-state index in [-0.39, 0.29) is 0 Å². The fraction of sp³-hybridized carbons (Fsp3) is 0.105. The summed E-state index contributed by atoms with van der Waals surface area (Å²) in [5.41, 5.74) is 6.03. The van der Waals surface area contributed by atoms with Crippen molar-refractivity contribution < 1.29 is 0 Å². The number of H-pyrrole nitrogens is 1. The van der Waals surface area contributed by atoms with Crippen molar-refractivity contribution in [1.82, 2.24) is 9.97 Å². The van der Waals surface area contributed by atoms with Crippen molar-refractivity contribution >= 4 is 22.7 Å². The summed E-state index contributed by atoms with van der Waals surface area (Å²) in [5.74, 6) is 0.553. The van der Waals surface area contributed by atoms with E-state index in [0.29, 0.717) is 17.0 Å². The Morgan fingerprint density at radius 1 is 1.09 bits per heavy atom. The average Bonchev–Trinajstić information content (AvgIpc) is 2.96. The van der Waals surface area contributed by atoms with Crippen molar-refractivity contribution in [2.45, 2.75) is 13.8 Å². The molecule has 0 fully saturated rings. The summed E-state index contributed by atoms with van der Waals surface area (Å²) < 4.78 is 0. The molecule has 0 saturated heterocycles. The highest BCUT2D eigenvalue weighted by Gasteiger charge is 2.09. The molecular weight excluding hydrogens is 284 g/mol. The van der Waals surface area contributed by atoms with Crippen LogP contribution in [0.1, 0.15) is 28.1 Å². The van der Waals surface area contributed by atoms with Gasteiger partial charge in [-0.1, -0.05) is 12.1 Å². The number of nitrogens with zero attached hydrogens (tertiary/aromatic N) is 3. The Morgan fingerprint density at radius 3 is 2.43 bits per heavy atom. The second kappa shape index (κ2) is 5.79. The van der Waals surface area contributed by atoms with Crippen molar-refractivity contribution in [3.05, 3.63) is 64.5 Å². The molecule has 1 aromatic heterocycles. The van der Waals surface area contributed by atoms with E-state index in [0.717, 1.165) is 16.6 Å². The van der Waals surface area contributed by atoms with Crippen LogP contribution in [0.15, 0.2) is 36.4 Å². The zero-order chi connectivity index (χ0) is 16.4. The summed E-state index contributed by atoms with van der Waals surface area (Å²) in [6, 6.07) is 15.4. The first-order valence-electron chi connectivity index (χ1n) is 7.20. The van der Waals surface area contributed by atoms with E-state index in [1.807, 2.05) is 38.1 Å². The summed E-state index contributed by atoms with van der Waals surface area (Å²) >= 11 is 0. The molecule has 3 aromatic rings. The van der Waals surface area contributed by atoms with Crippen LogP contribution in [0.25, 0.3) is 22.7 Å². The number of nitriles is 2. The molecule has 4 heteroatoms. The van der Waals surface area contributed by atoms with E-state index >= 15 is 0 Å². The van der Waals surface area contributed by atoms with Crippen LogP contribution in [-0.2, 0) is 0 Å². The van der Waals surface area contributed by atoms with Crippen molar-refractivity contribution in [2.75, 3.05) is 0 Å². The number of nitrogens with one attached hydrogen (secondary N) is 1. The van der Waals surface area contributed by atoms with Crippen molar-refractivity contribution in [3.63, 3.8) is 0 Å². The van der Waals surface area contributed by atoms with Crippen LogP contribution in [0.3, 0.4) is 0 Å². The van der Waals surface area contributed by atoms with Crippen LogP contribution in [0.4, 0.5) is 0 Å². The number of allylic oxidation sites excluding steroid dienone is 1. The van der Waals surface area contributed by atoms with Crippen LogP contribution in [0.5, 0.6) is 0 Å². The van der Waals surface area contributed by atoms with E-state index in [9.17, 15) is 5.26 Å². The third-order valence-electron chi connectivity index (χ3n) is 3.82. The Kier molecular flexibility index (Phi) is 3.66. The monoisotopic (exact) mass is 298 g/mol. The summed E-state index contributed by atoms with van der Waals surface area (Å²) in [7, 11) is 0. The van der Waals surface area contributed by atoms with E-state index in [2.05, 4.69) is 22.1 Å². The molecule has 0 amide bonds. The highest BCUT2D eigenvalue weighted by Crippen LogP contribution is 2.22. The molecule has 0 aliphatic rings. The molecule has 3 rings (SSSR count). The fourth-order valence-corrected chi connectivity index (χ4v) is 2.37. The number of aromatic nitrogens is 2. The normalized spacial score (nSPS) is 11.2. The zero-order valence-corrected chi connectivity index (χ0v) is 12.9. The van der Waals surface area contributed by atoms with Crippen molar-refractivity contribution in [2.24, 2.45) is 0 Å². The maximum atomic E-state index is 9.45. The van der Waals surface area contributed by atoms with Gasteiger partial charge in [0.1, 0.15) is 11.9 Å². The maximum Gasteiger partial charge on any atom is 0.149 e. The summed E-state index contributed by atoms with van der Waals surface area (Å²) in [5, 5.41) is 18.3. The molecule has 2 aromatic carbocycles. The fourth-order valence-electron chi connectivity index (χ4n) is 2.37. The number of fused-ring (bicyclic) bond motifs is 1. The molecular formula is C19H14N4. The lowest BCUT2D eigenvalue weighted by Gasteiger charge is -1.97. The predicted molar refractivity (Wildman–Crippen MR) is 90.2 cm³/mol. The van der Waals surface area contributed by atoms with Gasteiger partial charge in [0.15, 0.2) is 0 Å². The van der Waals surface area contributed by atoms with Gasteiger partial charge in [0, 0.05) is 0 Å². The summed E-state index contributed by atoms with van der Waals surface area (Å²) in [4.78, 5) is 7.72. The van der Waals surface area contributed by atoms with Gasteiger partial charge in [0.25, 0.3) is 0 Å². The van der Waals surface area contributed by atoms with Crippen molar-refractivity contribution in [1.29, 1.82) is 10.5 Å². The van der Waals surface area contributed by atoms with Gasteiger partial charge in [-0.25, -0.2) is 4.98 Å². The van der Waals surface area contributed by atoms with Crippen LogP contribution in [0, 0.1) is 36.5 Å². The Balaban J connectivity index is 2.05. The Bertz CT molecular complexity index is 954. The molecule has 1 N–H and O–H groups in total. The second-order valence-electron chi connectivity index (χ2n) is 5.44. The number of rotatable bonds is 2. The largest absolute Gasteiger partial charge is 0.337 e. The molecule has 0 saturated carbocycles. The highest BCUT2D eigenvalue weighted by molar-refractivity contribution is 5.90. The number of hydrogen-bond donors (Lipinski definition) is 1. The molecule has 0 spiro atoms. The number of benzene rings is 2. The number of imidazole rings is 1. The first-order chi connectivity index (χ1) is 11.1. The molecule has 0 radical (unpaired) electrons. The van der Waals surface area contributed by atoms with Gasteiger partial charge in [-0.05, 0) is 60.9 Å². The molecule has 23 heavy (non-hydrogen) atoms. The molecule has 0 aliphatic heterocycles. The molecule has 110 valence electrons. The first-order valence-corrected chi connectivity index (χ1v) is 7.20. The van der Waals surface area contributed by atoms with E-state index in [1.165, 1.54) is 11.1 Å². The maximum absolute atomic E-state index is 9.45. The minimum Gasteiger partial charge on any atom is -0.337 e. The number of hydrogen-bond acceptors (Lipinski definition) is 3. The second-order valence-corrected chi connectivity index (χ2v) is 5.44.